The van der Waals surface area contributed by atoms with E-state index in [0.29, 0.717) is 10.9 Å². The predicted octanol–water partition coefficient (Wildman–Crippen LogP) is 4.91. The summed E-state index contributed by atoms with van der Waals surface area (Å²) in [5, 5.41) is 4.62. The van der Waals surface area contributed by atoms with Crippen molar-refractivity contribution in [2.24, 2.45) is 5.92 Å². The highest BCUT2D eigenvalue weighted by atomic mass is 35.5. The Hall–Kier alpha value is -0.970. The first-order chi connectivity index (χ1) is 10.0. The topological polar surface area (TPSA) is 24.9 Å². The summed E-state index contributed by atoms with van der Waals surface area (Å²) in [7, 11) is 0. The van der Waals surface area contributed by atoms with Crippen molar-refractivity contribution in [3.8, 4) is 10.6 Å². The van der Waals surface area contributed by atoms with Crippen LogP contribution in [-0.4, -0.2) is 11.5 Å². The molecule has 5 heteroatoms. The maximum Gasteiger partial charge on any atom is 0.125 e. The second-order valence-corrected chi connectivity index (χ2v) is 6.88. The third-order valence-corrected chi connectivity index (χ3v) is 4.52. The van der Waals surface area contributed by atoms with Gasteiger partial charge in [-0.2, -0.15) is 0 Å². The molecule has 2 nitrogen and oxygen atoms in total. The quantitative estimate of drug-likeness (QED) is 0.815. The van der Waals surface area contributed by atoms with Gasteiger partial charge in [-0.15, -0.1) is 11.3 Å². The highest BCUT2D eigenvalue weighted by Crippen LogP contribution is 2.34. The van der Waals surface area contributed by atoms with E-state index in [9.17, 15) is 4.39 Å². The number of benzene rings is 1. The number of hydrogen-bond donors (Lipinski definition) is 1. The molecule has 1 aromatic carbocycles. The molecule has 2 aromatic rings. The second-order valence-electron chi connectivity index (χ2n) is 5.39. The first-order valence-corrected chi connectivity index (χ1v) is 8.35. The van der Waals surface area contributed by atoms with E-state index in [2.05, 4.69) is 26.1 Å². The van der Waals surface area contributed by atoms with E-state index < -0.39 is 0 Å². The summed E-state index contributed by atoms with van der Waals surface area (Å²) in [5.74, 6) is 0.222. The first-order valence-electron chi connectivity index (χ1n) is 7.16. The molecule has 1 N–H and O–H groups in total. The smallest absolute Gasteiger partial charge is 0.125 e. The first kappa shape index (κ1) is 16.4. The Bertz CT molecular complexity index is 610. The Balaban J connectivity index is 2.37. The fraction of sp³-hybridized carbons (Fsp3) is 0.438. The van der Waals surface area contributed by atoms with Crippen molar-refractivity contribution >= 4 is 22.9 Å². The number of halogens is 2. The molecule has 1 aromatic heterocycles. The van der Waals surface area contributed by atoms with Gasteiger partial charge in [-0.05, 0) is 37.1 Å². The molecule has 0 atom stereocenters. The molecule has 0 fully saturated rings. The molecular weight excluding hydrogens is 307 g/mol. The van der Waals surface area contributed by atoms with E-state index in [1.807, 2.05) is 0 Å². The Kier molecular flexibility index (Phi) is 5.73. The Morgan fingerprint density at radius 3 is 2.76 bits per heavy atom. The van der Waals surface area contributed by atoms with E-state index in [1.165, 1.54) is 17.0 Å². The third-order valence-electron chi connectivity index (χ3n) is 3.08. The van der Waals surface area contributed by atoms with E-state index in [4.69, 9.17) is 16.6 Å². The Morgan fingerprint density at radius 1 is 1.38 bits per heavy atom. The summed E-state index contributed by atoms with van der Waals surface area (Å²) in [6.07, 6.45) is 0.941. The van der Waals surface area contributed by atoms with Crippen LogP contribution in [0.1, 0.15) is 31.3 Å². The predicted molar refractivity (Wildman–Crippen MR) is 88.4 cm³/mol. The monoisotopic (exact) mass is 326 g/mol. The zero-order chi connectivity index (χ0) is 15.4. The van der Waals surface area contributed by atoms with Gasteiger partial charge in [-0.1, -0.05) is 32.4 Å². The highest BCUT2D eigenvalue weighted by molar-refractivity contribution is 7.15. The number of nitrogens with one attached hydrogen (secondary N) is 1. The van der Waals surface area contributed by atoms with Crippen molar-refractivity contribution in [2.45, 2.75) is 33.7 Å². The minimum absolute atomic E-state index is 0.324. The van der Waals surface area contributed by atoms with Crippen LogP contribution in [-0.2, 0) is 13.0 Å². The molecule has 2 rings (SSSR count). The van der Waals surface area contributed by atoms with Gasteiger partial charge >= 0.3 is 0 Å². The summed E-state index contributed by atoms with van der Waals surface area (Å²) < 4.78 is 13.2. The summed E-state index contributed by atoms with van der Waals surface area (Å²) in [6, 6.07) is 4.46. The van der Waals surface area contributed by atoms with Crippen LogP contribution in [0, 0.1) is 11.7 Å². The zero-order valence-electron chi connectivity index (χ0n) is 12.5. The van der Waals surface area contributed by atoms with Crippen LogP contribution in [0.2, 0.25) is 5.02 Å². The molecule has 0 saturated heterocycles. The van der Waals surface area contributed by atoms with Gasteiger partial charge in [0.25, 0.3) is 0 Å². The van der Waals surface area contributed by atoms with Crippen molar-refractivity contribution in [1.29, 1.82) is 0 Å². The van der Waals surface area contributed by atoms with Gasteiger partial charge in [0.15, 0.2) is 0 Å². The number of hydrogen-bond acceptors (Lipinski definition) is 3. The molecule has 0 radical (unpaired) electrons. The van der Waals surface area contributed by atoms with Crippen LogP contribution in [0.25, 0.3) is 10.6 Å². The van der Waals surface area contributed by atoms with Crippen LogP contribution in [0.5, 0.6) is 0 Å². The molecular formula is C16H20ClFN2S. The number of aromatic nitrogens is 1. The summed E-state index contributed by atoms with van der Waals surface area (Å²) in [6.45, 7) is 8.18. The van der Waals surface area contributed by atoms with Gasteiger partial charge in [-0.25, -0.2) is 9.37 Å². The fourth-order valence-corrected chi connectivity index (χ4v) is 3.50. The lowest BCUT2D eigenvalue weighted by Gasteiger charge is -2.04. The molecule has 0 bridgehead atoms. The third kappa shape index (κ3) is 4.25. The van der Waals surface area contributed by atoms with E-state index in [1.54, 1.807) is 17.4 Å². The largest absolute Gasteiger partial charge is 0.312 e. The standard InChI is InChI=1S/C16H20ClFN2S/c1-4-19-9-15-14(7-10(2)3)20-16(21-15)12-6-5-11(18)8-13(12)17/h5-6,8,10,19H,4,7,9H2,1-3H3. The number of rotatable bonds is 6. The highest BCUT2D eigenvalue weighted by Gasteiger charge is 2.15. The molecule has 0 saturated carbocycles. The Morgan fingerprint density at radius 2 is 2.14 bits per heavy atom. The van der Waals surface area contributed by atoms with Gasteiger partial charge < -0.3 is 5.32 Å². The van der Waals surface area contributed by atoms with Crippen LogP contribution >= 0.6 is 22.9 Å². The van der Waals surface area contributed by atoms with Gasteiger partial charge in [0.2, 0.25) is 0 Å². The van der Waals surface area contributed by atoms with E-state index in [0.717, 1.165) is 35.8 Å². The molecule has 0 aliphatic carbocycles. The zero-order valence-corrected chi connectivity index (χ0v) is 14.1. The molecule has 0 amide bonds. The van der Waals surface area contributed by atoms with E-state index in [-0.39, 0.29) is 5.82 Å². The molecule has 0 aliphatic rings. The van der Waals surface area contributed by atoms with Gasteiger partial charge in [0.1, 0.15) is 10.8 Å². The maximum absolute atomic E-state index is 13.2. The summed E-state index contributed by atoms with van der Waals surface area (Å²) in [4.78, 5) is 5.97. The number of nitrogens with zero attached hydrogens (tertiary/aromatic N) is 1. The van der Waals surface area contributed by atoms with Crippen molar-refractivity contribution < 1.29 is 4.39 Å². The lowest BCUT2D eigenvalue weighted by atomic mass is 10.1. The van der Waals surface area contributed by atoms with Gasteiger partial charge in [-0.3, -0.25) is 0 Å². The molecule has 21 heavy (non-hydrogen) atoms. The minimum atomic E-state index is -0.324. The van der Waals surface area contributed by atoms with Crippen molar-refractivity contribution in [3.05, 3.63) is 39.6 Å². The molecule has 1 heterocycles. The fourth-order valence-electron chi connectivity index (χ4n) is 2.08. The molecule has 0 unspecified atom stereocenters. The molecule has 114 valence electrons. The van der Waals surface area contributed by atoms with E-state index >= 15 is 0 Å². The summed E-state index contributed by atoms with van der Waals surface area (Å²) in [5.41, 5.74) is 1.92. The maximum atomic E-state index is 13.2. The average Bonchev–Trinajstić information content (AvgIpc) is 2.78. The molecule has 0 spiro atoms. The van der Waals surface area contributed by atoms with Crippen molar-refractivity contribution in [2.75, 3.05) is 6.54 Å². The van der Waals surface area contributed by atoms with Crippen molar-refractivity contribution in [1.82, 2.24) is 10.3 Å². The number of thiazole rings is 1. The van der Waals surface area contributed by atoms with Crippen molar-refractivity contribution in [3.63, 3.8) is 0 Å². The second kappa shape index (κ2) is 7.34. The summed E-state index contributed by atoms with van der Waals surface area (Å²) >= 11 is 7.78. The lowest BCUT2D eigenvalue weighted by Crippen LogP contribution is -2.12. The van der Waals surface area contributed by atoms with Crippen LogP contribution in [0.3, 0.4) is 0 Å². The lowest BCUT2D eigenvalue weighted by molar-refractivity contribution is 0.627. The average molecular weight is 327 g/mol. The normalized spacial score (nSPS) is 11.3. The van der Waals surface area contributed by atoms with Gasteiger partial charge in [0, 0.05) is 17.0 Å². The Labute approximate surface area is 134 Å². The molecule has 0 aliphatic heterocycles. The van der Waals surface area contributed by atoms with Crippen LogP contribution < -0.4 is 5.32 Å². The van der Waals surface area contributed by atoms with Crippen LogP contribution in [0.15, 0.2) is 18.2 Å². The van der Waals surface area contributed by atoms with Gasteiger partial charge in [0.05, 0.1) is 10.7 Å². The minimum Gasteiger partial charge on any atom is -0.312 e. The SMILES string of the molecule is CCNCc1sc(-c2ccc(F)cc2Cl)nc1CC(C)C. The van der Waals surface area contributed by atoms with Crippen LogP contribution in [0.4, 0.5) is 4.39 Å².